The third kappa shape index (κ3) is 42.1. The first-order valence-corrected chi connectivity index (χ1v) is 24.7. The first-order valence-electron chi connectivity index (χ1n) is 23.2. The van der Waals surface area contributed by atoms with Crippen molar-refractivity contribution in [2.45, 2.75) is 199 Å². The number of nitrogens with zero attached hydrogens (tertiary/aromatic N) is 1. The number of rotatable bonds is 41. The fraction of sp³-hybridized carbons (Fsp3) is 0.771. The summed E-state index contributed by atoms with van der Waals surface area (Å²) in [4.78, 5) is 23.1. The van der Waals surface area contributed by atoms with Gasteiger partial charge in [-0.1, -0.05) is 184 Å². The van der Waals surface area contributed by atoms with E-state index in [-0.39, 0.29) is 19.1 Å². The molecule has 0 fully saturated rings. The van der Waals surface area contributed by atoms with Gasteiger partial charge in [0, 0.05) is 6.42 Å². The van der Waals surface area contributed by atoms with Crippen molar-refractivity contribution in [1.29, 1.82) is 0 Å². The highest BCUT2D eigenvalue weighted by Gasteiger charge is 2.27. The molecule has 9 heteroatoms. The largest absolute Gasteiger partial charge is 0.472 e. The van der Waals surface area contributed by atoms with Gasteiger partial charge in [-0.15, -0.1) is 0 Å². The van der Waals surface area contributed by atoms with E-state index < -0.39 is 20.0 Å². The third-order valence-corrected chi connectivity index (χ3v) is 11.0. The highest BCUT2D eigenvalue weighted by atomic mass is 31.2. The standard InChI is InChI=1S/C48H89N2O6P/c1-6-8-10-12-14-16-18-19-20-21-22-23-24-25-26-27-28-29-30-31-32-34-36-38-40-42-48(52)49-46(45-56-57(53,54)55-44-43-50(3,4)5)47(51)41-39-37-35-33-17-15-13-11-9-7-2/h8,10,14,16,19-20,22-23,39,41,46-47,51H,6-7,9,11-13,15,17-18,21,24-38,40,42-45H2,1-5H3,(H-,49,52,53,54)/p+1/b10-8-,16-14-,20-19-,23-22-,41-39+. The Balaban J connectivity index is 4.21. The number of aliphatic hydroxyl groups is 1. The van der Waals surface area contributed by atoms with E-state index in [1.165, 1.54) is 103 Å². The average molecular weight is 822 g/mol. The van der Waals surface area contributed by atoms with Crippen molar-refractivity contribution in [3.63, 3.8) is 0 Å². The van der Waals surface area contributed by atoms with Gasteiger partial charge in [0.05, 0.1) is 39.9 Å². The number of carbonyl (C=O) groups excluding carboxylic acids is 1. The Morgan fingerprint density at radius 3 is 1.54 bits per heavy atom. The van der Waals surface area contributed by atoms with Crippen LogP contribution in [0.15, 0.2) is 60.8 Å². The van der Waals surface area contributed by atoms with Crippen LogP contribution in [-0.4, -0.2) is 73.4 Å². The molecule has 3 unspecified atom stereocenters. The summed E-state index contributed by atoms with van der Waals surface area (Å²) in [6.45, 7) is 4.67. The molecule has 0 aromatic carbocycles. The minimum absolute atomic E-state index is 0.0591. The first-order chi connectivity index (χ1) is 27.5. The molecule has 0 bridgehead atoms. The maximum absolute atomic E-state index is 12.9. The van der Waals surface area contributed by atoms with Crippen LogP contribution in [0, 0.1) is 0 Å². The number of hydrogen-bond donors (Lipinski definition) is 3. The summed E-state index contributed by atoms with van der Waals surface area (Å²) in [5, 5.41) is 13.8. The van der Waals surface area contributed by atoms with Gasteiger partial charge in [0.2, 0.25) is 5.91 Å². The summed E-state index contributed by atoms with van der Waals surface area (Å²) in [5.74, 6) is -0.184. The number of phosphoric ester groups is 1. The van der Waals surface area contributed by atoms with E-state index in [1.807, 2.05) is 27.2 Å². The number of amides is 1. The number of likely N-dealkylation sites (N-methyl/N-ethyl adjacent to an activating group) is 1. The van der Waals surface area contributed by atoms with E-state index in [0.717, 1.165) is 64.2 Å². The Morgan fingerprint density at radius 2 is 1.05 bits per heavy atom. The molecule has 0 aromatic rings. The minimum atomic E-state index is -4.34. The smallest absolute Gasteiger partial charge is 0.387 e. The number of allylic oxidation sites excluding steroid dienone is 9. The first kappa shape index (κ1) is 55.2. The highest BCUT2D eigenvalue weighted by Crippen LogP contribution is 2.43. The summed E-state index contributed by atoms with van der Waals surface area (Å²) < 4.78 is 23.5. The zero-order chi connectivity index (χ0) is 42.1. The molecule has 1 amide bonds. The normalized spacial score (nSPS) is 14.9. The summed E-state index contributed by atoms with van der Waals surface area (Å²) in [6, 6.07) is -0.847. The molecule has 0 saturated heterocycles. The fourth-order valence-corrected chi connectivity index (χ4v) is 7.06. The molecule has 332 valence electrons. The lowest BCUT2D eigenvalue weighted by Crippen LogP contribution is -2.45. The molecule has 3 N–H and O–H groups in total. The van der Waals surface area contributed by atoms with Gasteiger partial charge in [-0.05, 0) is 57.8 Å². The van der Waals surface area contributed by atoms with Gasteiger partial charge in [0.25, 0.3) is 0 Å². The van der Waals surface area contributed by atoms with Crippen molar-refractivity contribution < 1.29 is 32.9 Å². The molecule has 0 rings (SSSR count). The Kier molecular flexibility index (Phi) is 38.4. The van der Waals surface area contributed by atoms with E-state index in [1.54, 1.807) is 6.08 Å². The number of hydrogen-bond acceptors (Lipinski definition) is 5. The second-order valence-corrected chi connectivity index (χ2v) is 18.2. The molecule has 0 saturated carbocycles. The van der Waals surface area contributed by atoms with Crippen LogP contribution in [0.4, 0.5) is 0 Å². The summed E-state index contributed by atoms with van der Waals surface area (Å²) in [6.07, 6.45) is 51.5. The van der Waals surface area contributed by atoms with Gasteiger partial charge in [-0.3, -0.25) is 13.8 Å². The van der Waals surface area contributed by atoms with E-state index in [0.29, 0.717) is 17.4 Å². The lowest BCUT2D eigenvalue weighted by Gasteiger charge is -2.25. The molecule has 0 aliphatic rings. The third-order valence-electron chi connectivity index (χ3n) is 9.99. The fourth-order valence-electron chi connectivity index (χ4n) is 6.33. The average Bonchev–Trinajstić information content (AvgIpc) is 3.16. The molecule has 0 aromatic heterocycles. The molecule has 0 aliphatic carbocycles. The number of nitrogens with one attached hydrogen (secondary N) is 1. The summed E-state index contributed by atoms with van der Waals surface area (Å²) >= 11 is 0. The van der Waals surface area contributed by atoms with Crippen LogP contribution in [0.2, 0.25) is 0 Å². The van der Waals surface area contributed by atoms with Gasteiger partial charge >= 0.3 is 7.82 Å². The van der Waals surface area contributed by atoms with Gasteiger partial charge in [-0.2, -0.15) is 0 Å². The van der Waals surface area contributed by atoms with Crippen molar-refractivity contribution in [1.82, 2.24) is 5.32 Å². The SMILES string of the molecule is CC/C=C\C/C=C\C/C=C\C/C=C\CCCCCCCCCCCCCCC(=O)NC(COP(=O)(O)OCC[N+](C)(C)C)C(O)/C=C/CCCCCCCCCC. The molecule has 8 nitrogen and oxygen atoms in total. The highest BCUT2D eigenvalue weighted by molar-refractivity contribution is 7.47. The molecule has 0 heterocycles. The molecule has 0 aliphatic heterocycles. The predicted octanol–water partition coefficient (Wildman–Crippen LogP) is 13.0. The van der Waals surface area contributed by atoms with Crippen molar-refractivity contribution in [3.8, 4) is 0 Å². The van der Waals surface area contributed by atoms with Gasteiger partial charge < -0.3 is 19.8 Å². The Labute approximate surface area is 351 Å². The van der Waals surface area contributed by atoms with Crippen molar-refractivity contribution >= 4 is 13.7 Å². The van der Waals surface area contributed by atoms with Crippen molar-refractivity contribution in [2.75, 3.05) is 40.9 Å². The second-order valence-electron chi connectivity index (χ2n) is 16.8. The van der Waals surface area contributed by atoms with Crippen LogP contribution in [0.1, 0.15) is 187 Å². The zero-order valence-corrected chi connectivity index (χ0v) is 38.5. The van der Waals surface area contributed by atoms with E-state index in [9.17, 15) is 19.4 Å². The number of carbonyl (C=O) groups is 1. The maximum Gasteiger partial charge on any atom is 0.472 e. The van der Waals surface area contributed by atoms with E-state index >= 15 is 0 Å². The number of quaternary nitrogens is 1. The Bertz CT molecular complexity index is 1110. The summed E-state index contributed by atoms with van der Waals surface area (Å²) in [7, 11) is 1.56. The zero-order valence-electron chi connectivity index (χ0n) is 37.6. The Hall–Kier alpha value is -1.80. The van der Waals surface area contributed by atoms with Crippen LogP contribution in [0.25, 0.3) is 0 Å². The van der Waals surface area contributed by atoms with Crippen molar-refractivity contribution in [2.24, 2.45) is 0 Å². The monoisotopic (exact) mass is 822 g/mol. The molecular weight excluding hydrogens is 732 g/mol. The van der Waals surface area contributed by atoms with Crippen LogP contribution in [0.3, 0.4) is 0 Å². The minimum Gasteiger partial charge on any atom is -0.387 e. The van der Waals surface area contributed by atoms with Crippen LogP contribution < -0.4 is 5.32 Å². The van der Waals surface area contributed by atoms with Crippen LogP contribution in [-0.2, 0) is 18.4 Å². The summed E-state index contributed by atoms with van der Waals surface area (Å²) in [5.41, 5.74) is 0. The molecule has 3 atom stereocenters. The molecule has 0 radical (unpaired) electrons. The number of aliphatic hydroxyl groups excluding tert-OH is 1. The van der Waals surface area contributed by atoms with Crippen molar-refractivity contribution in [3.05, 3.63) is 60.8 Å². The van der Waals surface area contributed by atoms with Crippen LogP contribution >= 0.6 is 7.82 Å². The van der Waals surface area contributed by atoms with Gasteiger partial charge in [0.15, 0.2) is 0 Å². The maximum atomic E-state index is 12.9. The van der Waals surface area contributed by atoms with Gasteiger partial charge in [-0.25, -0.2) is 4.57 Å². The quantitative estimate of drug-likeness (QED) is 0.0245. The number of phosphoric acid groups is 1. The lowest BCUT2D eigenvalue weighted by molar-refractivity contribution is -0.870. The van der Waals surface area contributed by atoms with Crippen LogP contribution in [0.5, 0.6) is 0 Å². The molecule has 0 spiro atoms. The Morgan fingerprint density at radius 1 is 0.614 bits per heavy atom. The lowest BCUT2D eigenvalue weighted by atomic mass is 10.0. The predicted molar refractivity (Wildman–Crippen MR) is 244 cm³/mol. The van der Waals surface area contributed by atoms with E-state index in [2.05, 4.69) is 67.8 Å². The number of unbranched alkanes of at least 4 members (excludes halogenated alkanes) is 20. The van der Waals surface area contributed by atoms with Gasteiger partial charge in [0.1, 0.15) is 13.2 Å². The molecule has 57 heavy (non-hydrogen) atoms. The molecular formula is C48H90N2O6P+. The second kappa shape index (κ2) is 39.6. The topological polar surface area (TPSA) is 105 Å². The van der Waals surface area contributed by atoms with E-state index in [4.69, 9.17) is 9.05 Å².